The Kier molecular flexibility index (Phi) is 57.2. The third kappa shape index (κ3) is 56.5. The molecule has 0 aliphatic rings. The fourth-order valence-corrected chi connectivity index (χ4v) is 9.22. The lowest BCUT2D eigenvalue weighted by Gasteiger charge is -2.18. The number of unbranched alkanes of at least 4 members (excludes halogenated alkanes) is 40. The number of esters is 3. The van der Waals surface area contributed by atoms with Crippen molar-refractivity contribution in [2.24, 2.45) is 0 Å². The van der Waals surface area contributed by atoms with E-state index in [0.29, 0.717) is 19.3 Å². The molecule has 1 atom stereocenters. The maximum atomic E-state index is 12.9. The summed E-state index contributed by atoms with van der Waals surface area (Å²) >= 11 is 0. The molecule has 0 N–H and O–H groups in total. The molecule has 0 aliphatic heterocycles. The van der Waals surface area contributed by atoms with Crippen LogP contribution in [0.3, 0.4) is 0 Å². The summed E-state index contributed by atoms with van der Waals surface area (Å²) in [6, 6.07) is 0. The fourth-order valence-electron chi connectivity index (χ4n) is 9.22. The first-order valence-electron chi connectivity index (χ1n) is 31.0. The second kappa shape index (κ2) is 59.2. The number of hydrogen-bond acceptors (Lipinski definition) is 6. The van der Waals surface area contributed by atoms with Gasteiger partial charge in [-0.3, -0.25) is 14.4 Å². The molecule has 0 saturated carbocycles. The molecule has 0 aromatic heterocycles. The molecule has 0 spiro atoms. The quantitative estimate of drug-likeness (QED) is 0.0261. The van der Waals surface area contributed by atoms with E-state index in [2.05, 4.69) is 57.2 Å². The van der Waals surface area contributed by atoms with Crippen LogP contribution in [0.5, 0.6) is 0 Å². The van der Waals surface area contributed by atoms with Crippen LogP contribution < -0.4 is 0 Å². The highest BCUT2D eigenvalue weighted by Crippen LogP contribution is 2.17. The van der Waals surface area contributed by atoms with Gasteiger partial charge in [0.2, 0.25) is 0 Å². The number of rotatable bonds is 57. The summed E-state index contributed by atoms with van der Waals surface area (Å²) in [5, 5.41) is 0. The van der Waals surface area contributed by atoms with Gasteiger partial charge in [-0.2, -0.15) is 0 Å². The zero-order valence-electron chi connectivity index (χ0n) is 47.1. The Labute approximate surface area is 435 Å². The smallest absolute Gasteiger partial charge is 0.306 e. The van der Waals surface area contributed by atoms with Crippen LogP contribution in [0.4, 0.5) is 0 Å². The molecule has 0 aliphatic carbocycles. The highest BCUT2D eigenvalue weighted by Gasteiger charge is 2.19. The third-order valence-electron chi connectivity index (χ3n) is 13.9. The van der Waals surface area contributed by atoms with E-state index in [9.17, 15) is 14.4 Å². The molecule has 6 nitrogen and oxygen atoms in total. The molecule has 0 bridgehead atoms. The molecule has 1 unspecified atom stereocenters. The number of carbonyl (C=O) groups excluding carboxylic acids is 3. The Bertz CT molecular complexity index is 1170. The van der Waals surface area contributed by atoms with Gasteiger partial charge in [-0.15, -0.1) is 0 Å². The summed E-state index contributed by atoms with van der Waals surface area (Å²) in [6.07, 6.45) is 71.6. The number of ether oxygens (including phenoxy) is 3. The van der Waals surface area contributed by atoms with Crippen LogP contribution in [0, 0.1) is 0 Å². The Morgan fingerprint density at radius 1 is 0.286 bits per heavy atom. The van der Waals surface area contributed by atoms with Crippen molar-refractivity contribution in [3.8, 4) is 0 Å². The van der Waals surface area contributed by atoms with E-state index < -0.39 is 6.10 Å². The first kappa shape index (κ1) is 67.6. The molecule has 0 radical (unpaired) electrons. The Morgan fingerprint density at radius 2 is 0.514 bits per heavy atom. The largest absolute Gasteiger partial charge is 0.462 e. The summed E-state index contributed by atoms with van der Waals surface area (Å²) in [6.45, 7) is 6.64. The highest BCUT2D eigenvalue weighted by molar-refractivity contribution is 5.71. The van der Waals surface area contributed by atoms with Crippen LogP contribution in [-0.4, -0.2) is 37.2 Å². The summed E-state index contributed by atoms with van der Waals surface area (Å²) in [4.78, 5) is 38.1. The van der Waals surface area contributed by atoms with E-state index in [4.69, 9.17) is 14.2 Å². The topological polar surface area (TPSA) is 78.9 Å². The molecule has 70 heavy (non-hydrogen) atoms. The zero-order chi connectivity index (χ0) is 50.7. The van der Waals surface area contributed by atoms with Crippen molar-refractivity contribution in [2.75, 3.05) is 13.2 Å². The second-order valence-corrected chi connectivity index (χ2v) is 21.0. The fraction of sp³-hybridized carbons (Fsp3) is 0.859. The molecule has 0 heterocycles. The summed E-state index contributed by atoms with van der Waals surface area (Å²) in [5.41, 5.74) is 0. The van der Waals surface area contributed by atoms with Gasteiger partial charge in [-0.1, -0.05) is 295 Å². The first-order valence-corrected chi connectivity index (χ1v) is 31.0. The van der Waals surface area contributed by atoms with Crippen molar-refractivity contribution in [1.82, 2.24) is 0 Å². The van der Waals surface area contributed by atoms with Crippen molar-refractivity contribution in [2.45, 2.75) is 341 Å². The second-order valence-electron chi connectivity index (χ2n) is 21.0. The van der Waals surface area contributed by atoms with Gasteiger partial charge in [0.1, 0.15) is 13.2 Å². The molecule has 6 heteroatoms. The third-order valence-corrected chi connectivity index (χ3v) is 13.9. The average molecular weight is 984 g/mol. The lowest BCUT2D eigenvalue weighted by molar-refractivity contribution is -0.167. The zero-order valence-corrected chi connectivity index (χ0v) is 47.1. The molecule has 0 saturated heterocycles. The Morgan fingerprint density at radius 3 is 0.800 bits per heavy atom. The summed E-state index contributed by atoms with van der Waals surface area (Å²) < 4.78 is 16.9. The van der Waals surface area contributed by atoms with Crippen molar-refractivity contribution in [3.63, 3.8) is 0 Å². The van der Waals surface area contributed by atoms with Crippen LogP contribution in [0.2, 0.25) is 0 Å². The maximum absolute atomic E-state index is 12.9. The lowest BCUT2D eigenvalue weighted by Crippen LogP contribution is -2.30. The van der Waals surface area contributed by atoms with Crippen molar-refractivity contribution < 1.29 is 28.6 Å². The van der Waals surface area contributed by atoms with Gasteiger partial charge in [-0.05, 0) is 57.8 Å². The predicted molar refractivity (Wildman–Crippen MR) is 302 cm³/mol. The van der Waals surface area contributed by atoms with Crippen LogP contribution in [0.15, 0.2) is 36.5 Å². The number of allylic oxidation sites excluding steroid dienone is 6. The first-order chi connectivity index (χ1) is 34.5. The van der Waals surface area contributed by atoms with Crippen molar-refractivity contribution in [1.29, 1.82) is 0 Å². The standard InChI is InChI=1S/C64H118O6/c1-4-7-10-13-16-19-21-23-25-27-29-31-32-34-35-37-39-41-43-45-48-51-54-57-63(66)69-60-61(59-68-62(65)56-53-50-47-18-15-12-9-6-3)70-64(67)58-55-52-49-46-44-42-40-38-36-33-30-28-26-24-22-20-17-14-11-8-5-2/h21,23,27,29,32,34,61H,4-20,22,24-26,28,30-31,33,35-60H2,1-3H3/b23-21-,29-27-,34-32-. The van der Waals surface area contributed by atoms with Gasteiger partial charge < -0.3 is 14.2 Å². The van der Waals surface area contributed by atoms with Gasteiger partial charge >= 0.3 is 17.9 Å². The van der Waals surface area contributed by atoms with Crippen molar-refractivity contribution >= 4 is 17.9 Å². The minimum Gasteiger partial charge on any atom is -0.462 e. The minimum atomic E-state index is -0.770. The van der Waals surface area contributed by atoms with Gasteiger partial charge in [0, 0.05) is 19.3 Å². The van der Waals surface area contributed by atoms with Gasteiger partial charge in [-0.25, -0.2) is 0 Å². The Hall–Kier alpha value is -2.37. The summed E-state index contributed by atoms with van der Waals surface area (Å²) in [7, 11) is 0. The normalized spacial score (nSPS) is 12.2. The Balaban J connectivity index is 4.18. The van der Waals surface area contributed by atoms with Gasteiger partial charge in [0.25, 0.3) is 0 Å². The minimum absolute atomic E-state index is 0.0702. The lowest BCUT2D eigenvalue weighted by atomic mass is 10.0. The van der Waals surface area contributed by atoms with E-state index in [1.165, 1.54) is 218 Å². The van der Waals surface area contributed by atoms with E-state index in [0.717, 1.165) is 77.0 Å². The average Bonchev–Trinajstić information content (AvgIpc) is 3.36. The van der Waals surface area contributed by atoms with E-state index in [-0.39, 0.29) is 31.1 Å². The molecule has 0 aromatic rings. The molecule has 0 aromatic carbocycles. The van der Waals surface area contributed by atoms with Crippen LogP contribution in [-0.2, 0) is 28.6 Å². The highest BCUT2D eigenvalue weighted by atomic mass is 16.6. The van der Waals surface area contributed by atoms with E-state index in [1.54, 1.807) is 0 Å². The summed E-state index contributed by atoms with van der Waals surface area (Å²) in [5.74, 6) is -0.861. The number of hydrogen-bond donors (Lipinski definition) is 0. The van der Waals surface area contributed by atoms with E-state index >= 15 is 0 Å². The molecular weight excluding hydrogens is 865 g/mol. The molecule has 410 valence electrons. The number of carbonyl (C=O) groups is 3. The SMILES string of the molecule is CCCCCCC/C=C\C/C=C\C/C=C\CCCCCCCCCCC(=O)OCC(COC(=O)CCCCCCCCCC)OC(=O)CCCCCCCCCCCCCCCCCCCCCCC. The van der Waals surface area contributed by atoms with Gasteiger partial charge in [0.05, 0.1) is 0 Å². The molecule has 0 amide bonds. The van der Waals surface area contributed by atoms with Crippen molar-refractivity contribution in [3.05, 3.63) is 36.5 Å². The molecular formula is C64H118O6. The monoisotopic (exact) mass is 983 g/mol. The molecule has 0 rings (SSSR count). The van der Waals surface area contributed by atoms with E-state index in [1.807, 2.05) is 0 Å². The molecule has 0 fully saturated rings. The maximum Gasteiger partial charge on any atom is 0.306 e. The predicted octanol–water partition coefficient (Wildman–Crippen LogP) is 20.8. The van der Waals surface area contributed by atoms with Crippen LogP contribution >= 0.6 is 0 Å². The van der Waals surface area contributed by atoms with Crippen LogP contribution in [0.25, 0.3) is 0 Å². The van der Waals surface area contributed by atoms with Crippen LogP contribution in [0.1, 0.15) is 335 Å². The van der Waals surface area contributed by atoms with Gasteiger partial charge in [0.15, 0.2) is 6.10 Å².